The van der Waals surface area contributed by atoms with Gasteiger partial charge in [-0.15, -0.1) is 0 Å². The Morgan fingerprint density at radius 1 is 1.15 bits per heavy atom. The molecule has 3 heteroatoms. The minimum atomic E-state index is 0.271. The summed E-state index contributed by atoms with van der Waals surface area (Å²) in [5.41, 5.74) is 4.07. The number of nitrogens with zero attached hydrogens (tertiary/aromatic N) is 2. The molecule has 0 saturated carbocycles. The van der Waals surface area contributed by atoms with Crippen molar-refractivity contribution >= 4 is 11.4 Å². The van der Waals surface area contributed by atoms with Crippen molar-refractivity contribution in [2.24, 2.45) is 0 Å². The molecule has 1 atom stereocenters. The normalized spacial score (nSPS) is 11.7. The molecule has 2 aromatic rings. The Hall–Kier alpha value is -2.31. The molecule has 1 N–H and O–H groups in total. The topological polar surface area (TPSA) is 39.1 Å². The van der Waals surface area contributed by atoms with Crippen LogP contribution in [0.15, 0.2) is 48.5 Å². The molecule has 0 amide bonds. The molecule has 20 heavy (non-hydrogen) atoms. The van der Waals surface area contributed by atoms with Crippen LogP contribution in [0.5, 0.6) is 0 Å². The minimum Gasteiger partial charge on any atom is -0.344 e. The summed E-state index contributed by atoms with van der Waals surface area (Å²) < 4.78 is 0. The molecule has 2 rings (SSSR count). The van der Waals surface area contributed by atoms with Crippen molar-refractivity contribution in [3.8, 4) is 6.07 Å². The minimum absolute atomic E-state index is 0.271. The first-order chi connectivity index (χ1) is 9.67. The quantitative estimate of drug-likeness (QED) is 0.918. The first kappa shape index (κ1) is 14.1. The van der Waals surface area contributed by atoms with E-state index in [4.69, 9.17) is 5.26 Å². The van der Waals surface area contributed by atoms with E-state index in [2.05, 4.69) is 35.3 Å². The number of nitriles is 1. The van der Waals surface area contributed by atoms with Crippen LogP contribution in [0, 0.1) is 11.3 Å². The van der Waals surface area contributed by atoms with Crippen LogP contribution in [0.2, 0.25) is 0 Å². The number of benzene rings is 2. The van der Waals surface area contributed by atoms with Crippen LogP contribution in [0.1, 0.15) is 24.1 Å². The van der Waals surface area contributed by atoms with Crippen molar-refractivity contribution in [2.75, 3.05) is 19.0 Å². The third-order valence-electron chi connectivity index (χ3n) is 3.56. The Labute approximate surface area is 120 Å². The van der Waals surface area contributed by atoms with Crippen LogP contribution in [0.3, 0.4) is 0 Å². The van der Waals surface area contributed by atoms with Crippen LogP contribution in [-0.4, -0.2) is 14.1 Å². The molecule has 0 aromatic heterocycles. The predicted molar refractivity (Wildman–Crippen MR) is 83.1 cm³/mol. The highest BCUT2D eigenvalue weighted by atomic mass is 15.1. The van der Waals surface area contributed by atoms with Gasteiger partial charge in [0, 0.05) is 24.5 Å². The first-order valence-electron chi connectivity index (χ1n) is 6.67. The number of hydrogen-bond acceptors (Lipinski definition) is 3. The average Bonchev–Trinajstić information content (AvgIpc) is 2.53. The maximum Gasteiger partial charge on any atom is 0.0992 e. The number of anilines is 2. The standard InChI is InChI=1S/C17H19N3/c1-13(19-2)16-9-4-5-10-17(16)20(3)15-8-6-7-14(11-15)12-18/h4-11,13,19H,1-3H3. The monoisotopic (exact) mass is 265 g/mol. The highest BCUT2D eigenvalue weighted by Gasteiger charge is 2.13. The van der Waals surface area contributed by atoms with Gasteiger partial charge in [0.05, 0.1) is 11.6 Å². The summed E-state index contributed by atoms with van der Waals surface area (Å²) in [5.74, 6) is 0. The summed E-state index contributed by atoms with van der Waals surface area (Å²) in [6, 6.07) is 18.4. The van der Waals surface area contributed by atoms with Gasteiger partial charge in [-0.25, -0.2) is 0 Å². The lowest BCUT2D eigenvalue weighted by molar-refractivity contribution is 0.652. The van der Waals surface area contributed by atoms with Gasteiger partial charge in [-0.2, -0.15) is 5.26 Å². The van der Waals surface area contributed by atoms with E-state index in [0.29, 0.717) is 5.56 Å². The van der Waals surface area contributed by atoms with E-state index < -0.39 is 0 Å². The van der Waals surface area contributed by atoms with Gasteiger partial charge in [0.1, 0.15) is 0 Å². The Kier molecular flexibility index (Phi) is 4.39. The molecule has 0 saturated heterocycles. The lowest BCUT2D eigenvalue weighted by Crippen LogP contribution is -2.18. The molecule has 3 nitrogen and oxygen atoms in total. The lowest BCUT2D eigenvalue weighted by atomic mass is 10.0. The SMILES string of the molecule is CNC(C)c1ccccc1N(C)c1cccc(C#N)c1. The maximum absolute atomic E-state index is 9.02. The van der Waals surface area contributed by atoms with E-state index in [1.165, 1.54) is 5.56 Å². The Morgan fingerprint density at radius 3 is 2.60 bits per heavy atom. The van der Waals surface area contributed by atoms with Gasteiger partial charge in [-0.05, 0) is 43.8 Å². The van der Waals surface area contributed by atoms with E-state index in [0.717, 1.165) is 11.4 Å². The zero-order valence-corrected chi connectivity index (χ0v) is 12.1. The Bertz CT molecular complexity index is 628. The van der Waals surface area contributed by atoms with Gasteiger partial charge in [0.2, 0.25) is 0 Å². The summed E-state index contributed by atoms with van der Waals surface area (Å²) >= 11 is 0. The summed E-state index contributed by atoms with van der Waals surface area (Å²) in [6.07, 6.45) is 0. The first-order valence-corrected chi connectivity index (χ1v) is 6.67. The zero-order valence-electron chi connectivity index (χ0n) is 12.1. The second-order valence-corrected chi connectivity index (χ2v) is 4.79. The largest absolute Gasteiger partial charge is 0.344 e. The lowest BCUT2D eigenvalue weighted by Gasteiger charge is -2.25. The number of hydrogen-bond donors (Lipinski definition) is 1. The molecule has 0 aliphatic heterocycles. The molecule has 1 unspecified atom stereocenters. The van der Waals surface area contributed by atoms with Crippen LogP contribution in [0.4, 0.5) is 11.4 Å². The van der Waals surface area contributed by atoms with E-state index in [1.54, 1.807) is 0 Å². The molecule has 0 radical (unpaired) electrons. The fourth-order valence-electron chi connectivity index (χ4n) is 2.24. The number of rotatable bonds is 4. The van der Waals surface area contributed by atoms with Crippen molar-refractivity contribution in [3.63, 3.8) is 0 Å². The molecule has 0 aliphatic rings. The third-order valence-corrected chi connectivity index (χ3v) is 3.56. The van der Waals surface area contributed by atoms with E-state index in [9.17, 15) is 0 Å². The fourth-order valence-corrected chi connectivity index (χ4v) is 2.24. The van der Waals surface area contributed by atoms with Crippen molar-refractivity contribution in [1.82, 2.24) is 5.32 Å². The second kappa shape index (κ2) is 6.23. The van der Waals surface area contributed by atoms with Gasteiger partial charge in [0.25, 0.3) is 0 Å². The van der Waals surface area contributed by atoms with E-state index in [-0.39, 0.29) is 6.04 Å². The van der Waals surface area contributed by atoms with Gasteiger partial charge >= 0.3 is 0 Å². The number of nitrogens with one attached hydrogen (secondary N) is 1. The average molecular weight is 265 g/mol. The van der Waals surface area contributed by atoms with Crippen LogP contribution >= 0.6 is 0 Å². The van der Waals surface area contributed by atoms with Crippen molar-refractivity contribution in [1.29, 1.82) is 5.26 Å². The van der Waals surface area contributed by atoms with Crippen molar-refractivity contribution < 1.29 is 0 Å². The molecular formula is C17H19N3. The summed E-state index contributed by atoms with van der Waals surface area (Å²) in [6.45, 7) is 2.14. The third kappa shape index (κ3) is 2.81. The van der Waals surface area contributed by atoms with Gasteiger partial charge < -0.3 is 10.2 Å². The molecule has 0 fully saturated rings. The molecule has 0 heterocycles. The smallest absolute Gasteiger partial charge is 0.0992 e. The van der Waals surface area contributed by atoms with E-state index >= 15 is 0 Å². The van der Waals surface area contributed by atoms with Gasteiger partial charge in [-0.3, -0.25) is 0 Å². The highest BCUT2D eigenvalue weighted by Crippen LogP contribution is 2.30. The highest BCUT2D eigenvalue weighted by molar-refractivity contribution is 5.67. The summed E-state index contributed by atoms with van der Waals surface area (Å²) in [7, 11) is 3.98. The molecule has 2 aromatic carbocycles. The molecule has 0 bridgehead atoms. The second-order valence-electron chi connectivity index (χ2n) is 4.79. The van der Waals surface area contributed by atoms with Crippen molar-refractivity contribution in [2.45, 2.75) is 13.0 Å². The maximum atomic E-state index is 9.02. The summed E-state index contributed by atoms with van der Waals surface area (Å²) in [5, 5.41) is 12.3. The predicted octanol–water partition coefficient (Wildman–Crippen LogP) is 3.61. The fraction of sp³-hybridized carbons (Fsp3) is 0.235. The Morgan fingerprint density at radius 2 is 1.90 bits per heavy atom. The molecule has 0 aliphatic carbocycles. The van der Waals surface area contributed by atoms with E-state index in [1.807, 2.05) is 50.5 Å². The van der Waals surface area contributed by atoms with Gasteiger partial charge in [0.15, 0.2) is 0 Å². The Balaban J connectivity index is 2.43. The van der Waals surface area contributed by atoms with Crippen LogP contribution in [-0.2, 0) is 0 Å². The molecule has 0 spiro atoms. The van der Waals surface area contributed by atoms with Crippen LogP contribution < -0.4 is 10.2 Å². The number of para-hydroxylation sites is 1. The van der Waals surface area contributed by atoms with Gasteiger partial charge in [-0.1, -0.05) is 24.3 Å². The summed E-state index contributed by atoms with van der Waals surface area (Å²) in [4.78, 5) is 2.12. The molecular weight excluding hydrogens is 246 g/mol. The van der Waals surface area contributed by atoms with Crippen LogP contribution in [0.25, 0.3) is 0 Å². The van der Waals surface area contributed by atoms with Crippen molar-refractivity contribution in [3.05, 3.63) is 59.7 Å². The molecule has 102 valence electrons. The zero-order chi connectivity index (χ0) is 14.5.